The van der Waals surface area contributed by atoms with Crippen LogP contribution in [-0.4, -0.2) is 41.0 Å². The quantitative estimate of drug-likeness (QED) is 0.342. The molecule has 0 spiro atoms. The first-order valence-electron chi connectivity index (χ1n) is 6.42. The Labute approximate surface area is 120 Å². The average molecular weight is 285 g/mol. The molecule has 0 aromatic heterocycles. The number of Topliss-reactive ketones (excluding diaryl/α,β-unsaturated/α-hetero) is 2. The summed E-state index contributed by atoms with van der Waals surface area (Å²) in [5, 5.41) is 0. The Balaban J connectivity index is 2.11. The number of rotatable bonds is 2. The van der Waals surface area contributed by atoms with E-state index < -0.39 is 35.1 Å². The van der Waals surface area contributed by atoms with Crippen molar-refractivity contribution in [2.24, 2.45) is 0 Å². The third-order valence-corrected chi connectivity index (χ3v) is 3.38. The van der Waals surface area contributed by atoms with Gasteiger partial charge in [0.15, 0.2) is 5.78 Å². The summed E-state index contributed by atoms with van der Waals surface area (Å²) in [6.07, 6.45) is -0.510. The predicted molar refractivity (Wildman–Crippen MR) is 70.1 cm³/mol. The molecule has 1 unspecified atom stereocenters. The van der Waals surface area contributed by atoms with Crippen LogP contribution in [0.25, 0.3) is 0 Å². The van der Waals surface area contributed by atoms with Crippen molar-refractivity contribution in [3.8, 4) is 0 Å². The first kappa shape index (κ1) is 13.2. The minimum absolute atomic E-state index is 0.0806. The molecule has 1 aromatic carbocycles. The number of carbonyl (C=O) groups excluding carboxylic acids is 4. The summed E-state index contributed by atoms with van der Waals surface area (Å²) >= 11 is 0. The molecule has 3 rings (SSSR count). The van der Waals surface area contributed by atoms with Crippen LogP contribution in [0.15, 0.2) is 41.6 Å². The van der Waals surface area contributed by atoms with Gasteiger partial charge in [0, 0.05) is 5.56 Å². The van der Waals surface area contributed by atoms with Crippen molar-refractivity contribution < 1.29 is 23.9 Å². The van der Waals surface area contributed by atoms with Crippen molar-refractivity contribution in [1.29, 1.82) is 0 Å². The van der Waals surface area contributed by atoms with Crippen LogP contribution in [0.5, 0.6) is 0 Å². The Kier molecular flexibility index (Phi) is 2.94. The van der Waals surface area contributed by atoms with Crippen molar-refractivity contribution in [1.82, 2.24) is 4.90 Å². The van der Waals surface area contributed by atoms with Gasteiger partial charge >= 0.3 is 5.97 Å². The predicted octanol–water partition coefficient (Wildman–Crippen LogP) is 0.480. The van der Waals surface area contributed by atoms with E-state index in [0.717, 1.165) is 4.90 Å². The van der Waals surface area contributed by atoms with Gasteiger partial charge in [-0.05, 0) is 6.92 Å². The zero-order chi connectivity index (χ0) is 15.1. The lowest BCUT2D eigenvalue weighted by Crippen LogP contribution is -2.43. The second-order valence-corrected chi connectivity index (χ2v) is 4.88. The molecule has 0 aliphatic carbocycles. The number of fused-ring (bicyclic) bond motifs is 1. The van der Waals surface area contributed by atoms with Gasteiger partial charge in [-0.1, -0.05) is 30.3 Å². The number of ether oxygens (including phenoxy) is 1. The number of cyclic esters (lactones) is 1. The van der Waals surface area contributed by atoms with E-state index in [0.29, 0.717) is 0 Å². The van der Waals surface area contributed by atoms with Crippen LogP contribution in [0.3, 0.4) is 0 Å². The molecule has 1 saturated heterocycles. The highest BCUT2D eigenvalue weighted by Gasteiger charge is 2.48. The van der Waals surface area contributed by atoms with Gasteiger partial charge in [-0.3, -0.25) is 19.3 Å². The number of hydrogen-bond acceptors (Lipinski definition) is 5. The molecule has 0 saturated carbocycles. The summed E-state index contributed by atoms with van der Waals surface area (Å²) in [6, 6.07) is 8.04. The number of morpholine rings is 1. The summed E-state index contributed by atoms with van der Waals surface area (Å²) in [5.74, 6) is -3.26. The molecule has 6 heteroatoms. The molecular weight excluding hydrogens is 274 g/mol. The summed E-state index contributed by atoms with van der Waals surface area (Å²) in [4.78, 5) is 49.4. The number of carbonyl (C=O) groups is 4. The van der Waals surface area contributed by atoms with Crippen LogP contribution >= 0.6 is 0 Å². The normalized spacial score (nSPS) is 21.5. The van der Waals surface area contributed by atoms with Gasteiger partial charge in [-0.15, -0.1) is 0 Å². The Hall–Kier alpha value is -2.76. The summed E-state index contributed by atoms with van der Waals surface area (Å²) in [7, 11) is 0. The molecular formula is C15H11NO5. The van der Waals surface area contributed by atoms with Crippen LogP contribution in [0.2, 0.25) is 0 Å². The molecule has 1 amide bonds. The third kappa shape index (κ3) is 1.96. The van der Waals surface area contributed by atoms with Crippen molar-refractivity contribution in [2.75, 3.05) is 6.54 Å². The smallest absolute Gasteiger partial charge is 0.356 e. The van der Waals surface area contributed by atoms with Gasteiger partial charge in [-0.2, -0.15) is 0 Å². The molecule has 1 atom stereocenters. The average Bonchev–Trinajstić information content (AvgIpc) is 2.72. The van der Waals surface area contributed by atoms with E-state index in [-0.39, 0.29) is 17.8 Å². The van der Waals surface area contributed by atoms with E-state index in [1.807, 2.05) is 0 Å². The number of benzene rings is 1. The highest BCUT2D eigenvalue weighted by atomic mass is 16.5. The number of amides is 1. The van der Waals surface area contributed by atoms with Crippen LogP contribution in [0.1, 0.15) is 17.3 Å². The van der Waals surface area contributed by atoms with Crippen molar-refractivity contribution >= 4 is 23.4 Å². The maximum Gasteiger partial charge on any atom is 0.356 e. The van der Waals surface area contributed by atoms with Crippen molar-refractivity contribution in [2.45, 2.75) is 13.0 Å². The van der Waals surface area contributed by atoms with E-state index >= 15 is 0 Å². The number of ketones is 2. The second kappa shape index (κ2) is 4.66. The standard InChI is InChI=1S/C15H11NO5/c1-8-7-16-11(15(20)21-8)10(13(18)14(16)19)12(17)9-5-3-2-4-6-9/h2-6,8H,7H2,1H3. The highest BCUT2D eigenvalue weighted by Crippen LogP contribution is 2.29. The Morgan fingerprint density at radius 3 is 2.52 bits per heavy atom. The van der Waals surface area contributed by atoms with Gasteiger partial charge < -0.3 is 4.74 Å². The lowest BCUT2D eigenvalue weighted by atomic mass is 10.00. The molecule has 1 aromatic rings. The van der Waals surface area contributed by atoms with Gasteiger partial charge in [0.2, 0.25) is 0 Å². The van der Waals surface area contributed by atoms with Crippen LogP contribution in [-0.2, 0) is 19.1 Å². The maximum atomic E-state index is 12.4. The second-order valence-electron chi connectivity index (χ2n) is 4.88. The molecule has 0 radical (unpaired) electrons. The summed E-state index contributed by atoms with van der Waals surface area (Å²) in [5.41, 5.74) is -0.394. The van der Waals surface area contributed by atoms with Crippen LogP contribution in [0, 0.1) is 0 Å². The van der Waals surface area contributed by atoms with Crippen LogP contribution in [0.4, 0.5) is 0 Å². The fourth-order valence-corrected chi connectivity index (χ4v) is 2.44. The molecule has 21 heavy (non-hydrogen) atoms. The minimum atomic E-state index is -0.954. The van der Waals surface area contributed by atoms with E-state index in [4.69, 9.17) is 4.74 Å². The molecule has 6 nitrogen and oxygen atoms in total. The lowest BCUT2D eigenvalue weighted by molar-refractivity contribution is -0.155. The first-order valence-corrected chi connectivity index (χ1v) is 6.42. The fraction of sp³-hybridized carbons (Fsp3) is 0.200. The molecule has 2 aliphatic rings. The molecule has 106 valence electrons. The lowest BCUT2D eigenvalue weighted by Gasteiger charge is -2.28. The monoisotopic (exact) mass is 285 g/mol. The van der Waals surface area contributed by atoms with Crippen molar-refractivity contribution in [3.63, 3.8) is 0 Å². The minimum Gasteiger partial charge on any atom is -0.456 e. The number of hydrogen-bond donors (Lipinski definition) is 0. The summed E-state index contributed by atoms with van der Waals surface area (Å²) < 4.78 is 5.02. The van der Waals surface area contributed by atoms with E-state index in [1.165, 1.54) is 12.1 Å². The Morgan fingerprint density at radius 2 is 1.86 bits per heavy atom. The SMILES string of the molecule is CC1CN2C(=O)C(=O)C(C(=O)c3ccccc3)=C2C(=O)O1. The first-order chi connectivity index (χ1) is 10.0. The molecule has 2 heterocycles. The summed E-state index contributed by atoms with van der Waals surface area (Å²) in [6.45, 7) is 1.70. The number of esters is 1. The highest BCUT2D eigenvalue weighted by molar-refractivity contribution is 6.54. The zero-order valence-corrected chi connectivity index (χ0v) is 11.2. The van der Waals surface area contributed by atoms with Crippen LogP contribution < -0.4 is 0 Å². The molecule has 0 bridgehead atoms. The fourth-order valence-electron chi connectivity index (χ4n) is 2.44. The van der Waals surface area contributed by atoms with Crippen molar-refractivity contribution in [3.05, 3.63) is 47.2 Å². The molecule has 0 N–H and O–H groups in total. The Morgan fingerprint density at radius 1 is 1.19 bits per heavy atom. The third-order valence-electron chi connectivity index (χ3n) is 3.38. The number of nitrogens with zero attached hydrogens (tertiary/aromatic N) is 1. The van der Waals surface area contributed by atoms with E-state index in [9.17, 15) is 19.2 Å². The molecule has 2 aliphatic heterocycles. The van der Waals surface area contributed by atoms with Gasteiger partial charge in [0.25, 0.3) is 11.7 Å². The largest absolute Gasteiger partial charge is 0.456 e. The van der Waals surface area contributed by atoms with Gasteiger partial charge in [0.05, 0.1) is 6.54 Å². The topological polar surface area (TPSA) is 80.8 Å². The Bertz CT molecular complexity index is 704. The van der Waals surface area contributed by atoms with E-state index in [2.05, 4.69) is 0 Å². The zero-order valence-electron chi connectivity index (χ0n) is 11.2. The molecule has 1 fully saturated rings. The maximum absolute atomic E-state index is 12.4. The van der Waals surface area contributed by atoms with Gasteiger partial charge in [-0.25, -0.2) is 4.79 Å². The van der Waals surface area contributed by atoms with E-state index in [1.54, 1.807) is 25.1 Å². The van der Waals surface area contributed by atoms with Gasteiger partial charge in [0.1, 0.15) is 17.4 Å².